The zero-order chi connectivity index (χ0) is 10.5. The Bertz CT molecular complexity index is 591. The monoisotopic (exact) mass is 218 g/mol. The van der Waals surface area contributed by atoms with Crippen LogP contribution >= 0.6 is 0 Å². The van der Waals surface area contributed by atoms with Crippen LogP contribution in [0.3, 0.4) is 0 Å². The molecule has 76 valence electrons. The van der Waals surface area contributed by atoms with Crippen LogP contribution in [0.4, 0.5) is 5.69 Å². The van der Waals surface area contributed by atoms with E-state index in [1.54, 1.807) is 6.07 Å². The normalized spacial score (nSPS) is 31.5. The zero-order valence-electron chi connectivity index (χ0n) is 8.14. The third-order valence-electron chi connectivity index (χ3n) is 3.10. The molecule has 1 aromatic carbocycles. The second-order valence-electron chi connectivity index (χ2n) is 4.00. The lowest BCUT2D eigenvalue weighted by atomic mass is 10.0. The van der Waals surface area contributed by atoms with Crippen LogP contribution in [0.25, 0.3) is 0 Å². The van der Waals surface area contributed by atoms with Gasteiger partial charge in [0.15, 0.2) is 0 Å². The maximum absolute atomic E-state index is 12.4. The van der Waals surface area contributed by atoms with Gasteiger partial charge in [0.1, 0.15) is 0 Å². The molecule has 15 heavy (non-hydrogen) atoms. The summed E-state index contributed by atoms with van der Waals surface area (Å²) in [6, 6.07) is 7.52. The molecule has 2 aliphatic rings. The Morgan fingerprint density at radius 3 is 3.20 bits per heavy atom. The second-order valence-corrected chi connectivity index (χ2v) is 6.54. The highest BCUT2D eigenvalue weighted by Crippen LogP contribution is 2.47. The van der Waals surface area contributed by atoms with Crippen molar-refractivity contribution in [1.29, 1.82) is 5.26 Å². The van der Waals surface area contributed by atoms with Gasteiger partial charge in [0.05, 0.1) is 32.3 Å². The van der Waals surface area contributed by atoms with E-state index in [1.165, 1.54) is 0 Å². The molecule has 0 bridgehead atoms. The summed E-state index contributed by atoms with van der Waals surface area (Å²) in [5.41, 5.74) is 2.50. The molecule has 0 aromatic heterocycles. The molecule has 0 amide bonds. The van der Waals surface area contributed by atoms with Crippen LogP contribution in [0.2, 0.25) is 0 Å². The van der Waals surface area contributed by atoms with Gasteiger partial charge in [-0.05, 0) is 36.6 Å². The molecule has 3 rings (SSSR count). The van der Waals surface area contributed by atoms with Crippen LogP contribution in [0.1, 0.15) is 29.2 Å². The highest BCUT2D eigenvalue weighted by Gasteiger charge is 2.37. The van der Waals surface area contributed by atoms with Crippen LogP contribution in [0.15, 0.2) is 22.6 Å². The molecule has 0 spiro atoms. The third kappa shape index (κ3) is 1.13. The van der Waals surface area contributed by atoms with E-state index in [1.807, 2.05) is 12.1 Å². The largest absolute Gasteiger partial charge is 0.249 e. The number of hydrogen-bond acceptors (Lipinski definition) is 3. The van der Waals surface area contributed by atoms with E-state index in [0.717, 1.165) is 24.1 Å². The third-order valence-corrected chi connectivity index (χ3v) is 5.86. The van der Waals surface area contributed by atoms with Crippen molar-refractivity contribution in [2.45, 2.75) is 18.1 Å². The first-order valence-electron chi connectivity index (χ1n) is 5.01. The second kappa shape index (κ2) is 2.83. The van der Waals surface area contributed by atoms with E-state index in [2.05, 4.69) is 10.4 Å². The lowest BCUT2D eigenvalue weighted by Gasteiger charge is -2.05. The molecule has 0 radical (unpaired) electrons. The van der Waals surface area contributed by atoms with Crippen LogP contribution in [-0.4, -0.2) is 9.96 Å². The smallest absolute Gasteiger partial charge is 0.0991 e. The molecule has 2 aliphatic heterocycles. The lowest BCUT2D eigenvalue weighted by Crippen LogP contribution is -2.01. The first kappa shape index (κ1) is 8.93. The first-order valence-corrected chi connectivity index (χ1v) is 6.75. The standard InChI is InChI=1S/C11H10N2OS/c12-7-8-3-4-10-9(6-8)11-2-1-5-15(11,14)13-10/h3-4,6,11H,1-2,5H2. The first-order chi connectivity index (χ1) is 7.23. The van der Waals surface area contributed by atoms with Gasteiger partial charge in [-0.25, -0.2) is 4.21 Å². The molecule has 1 aromatic rings. The summed E-state index contributed by atoms with van der Waals surface area (Å²) in [6.45, 7) is 0. The SMILES string of the molecule is N#Cc1ccc2c(c1)C1CCCS1(=O)=N2. The summed E-state index contributed by atoms with van der Waals surface area (Å²) in [5.74, 6) is 0.717. The lowest BCUT2D eigenvalue weighted by molar-refractivity contribution is 0.675. The summed E-state index contributed by atoms with van der Waals surface area (Å²) in [7, 11) is -2.03. The molecule has 2 atom stereocenters. The van der Waals surface area contributed by atoms with Crippen LogP contribution in [0.5, 0.6) is 0 Å². The number of hydrogen-bond donors (Lipinski definition) is 0. The number of fused-ring (bicyclic) bond motifs is 3. The van der Waals surface area contributed by atoms with E-state index in [9.17, 15) is 4.21 Å². The van der Waals surface area contributed by atoms with E-state index in [0.29, 0.717) is 11.3 Å². The molecule has 0 saturated carbocycles. The van der Waals surface area contributed by atoms with Crippen molar-refractivity contribution in [1.82, 2.24) is 0 Å². The number of nitriles is 1. The Morgan fingerprint density at radius 1 is 1.53 bits per heavy atom. The number of rotatable bonds is 0. The fraction of sp³-hybridized carbons (Fsp3) is 0.364. The zero-order valence-corrected chi connectivity index (χ0v) is 8.96. The topological polar surface area (TPSA) is 53.2 Å². The van der Waals surface area contributed by atoms with E-state index in [4.69, 9.17) is 5.26 Å². The predicted octanol–water partition coefficient (Wildman–Crippen LogP) is 2.51. The molecular formula is C11H10N2OS. The van der Waals surface area contributed by atoms with Crippen molar-refractivity contribution in [2.75, 3.05) is 5.75 Å². The predicted molar refractivity (Wildman–Crippen MR) is 58.2 cm³/mol. The summed E-state index contributed by atoms with van der Waals surface area (Å²) in [5, 5.41) is 8.91. The van der Waals surface area contributed by atoms with Crippen molar-refractivity contribution in [3.8, 4) is 6.07 Å². The Labute approximate surface area is 88.9 Å². The number of nitrogens with zero attached hydrogens (tertiary/aromatic N) is 2. The molecule has 2 unspecified atom stereocenters. The highest BCUT2D eigenvalue weighted by atomic mass is 32.2. The van der Waals surface area contributed by atoms with Gasteiger partial charge in [-0.2, -0.15) is 9.62 Å². The van der Waals surface area contributed by atoms with E-state index in [-0.39, 0.29) is 5.25 Å². The molecule has 3 nitrogen and oxygen atoms in total. The van der Waals surface area contributed by atoms with Gasteiger partial charge in [0.25, 0.3) is 0 Å². The van der Waals surface area contributed by atoms with E-state index < -0.39 is 9.73 Å². The Hall–Kier alpha value is -1.34. The van der Waals surface area contributed by atoms with Crippen molar-refractivity contribution in [3.05, 3.63) is 29.3 Å². The minimum atomic E-state index is -2.03. The molecule has 1 fully saturated rings. The molecule has 0 N–H and O–H groups in total. The quantitative estimate of drug-likeness (QED) is 0.671. The maximum Gasteiger partial charge on any atom is 0.0991 e. The summed E-state index contributed by atoms with van der Waals surface area (Å²) in [4.78, 5) is 0. The van der Waals surface area contributed by atoms with Gasteiger partial charge in [-0.1, -0.05) is 0 Å². The Morgan fingerprint density at radius 2 is 2.40 bits per heavy atom. The average molecular weight is 218 g/mol. The van der Waals surface area contributed by atoms with Crippen LogP contribution in [0, 0.1) is 11.3 Å². The van der Waals surface area contributed by atoms with Crippen LogP contribution < -0.4 is 0 Å². The Kier molecular flexibility index (Phi) is 1.68. The molecule has 2 heterocycles. The van der Waals surface area contributed by atoms with Gasteiger partial charge in [-0.15, -0.1) is 0 Å². The van der Waals surface area contributed by atoms with Gasteiger partial charge in [0.2, 0.25) is 0 Å². The molecule has 1 saturated heterocycles. The fourth-order valence-electron chi connectivity index (χ4n) is 2.40. The van der Waals surface area contributed by atoms with Gasteiger partial charge < -0.3 is 0 Å². The van der Waals surface area contributed by atoms with Crippen molar-refractivity contribution < 1.29 is 4.21 Å². The number of benzene rings is 1. The Balaban J connectivity index is 2.23. The van der Waals surface area contributed by atoms with Gasteiger partial charge in [0, 0.05) is 5.75 Å². The van der Waals surface area contributed by atoms with Gasteiger partial charge >= 0.3 is 0 Å². The van der Waals surface area contributed by atoms with Crippen molar-refractivity contribution in [2.24, 2.45) is 4.36 Å². The molecule has 4 heteroatoms. The summed E-state index contributed by atoms with van der Waals surface area (Å²) < 4.78 is 16.7. The summed E-state index contributed by atoms with van der Waals surface area (Å²) in [6.07, 6.45) is 1.94. The average Bonchev–Trinajstić information content (AvgIpc) is 2.71. The van der Waals surface area contributed by atoms with Crippen molar-refractivity contribution >= 4 is 15.4 Å². The minimum Gasteiger partial charge on any atom is -0.249 e. The maximum atomic E-state index is 12.4. The highest BCUT2D eigenvalue weighted by molar-refractivity contribution is 7.94. The van der Waals surface area contributed by atoms with Crippen molar-refractivity contribution in [3.63, 3.8) is 0 Å². The van der Waals surface area contributed by atoms with Gasteiger partial charge in [-0.3, -0.25) is 0 Å². The summed E-state index contributed by atoms with van der Waals surface area (Å²) >= 11 is 0. The molecule has 0 aliphatic carbocycles. The fourth-order valence-corrected chi connectivity index (χ4v) is 5.10. The van der Waals surface area contributed by atoms with E-state index >= 15 is 0 Å². The molecular weight excluding hydrogens is 208 g/mol. The minimum absolute atomic E-state index is 0.0841. The van der Waals surface area contributed by atoms with Crippen LogP contribution in [-0.2, 0) is 9.73 Å².